The molecule has 1 fully saturated rings. The van der Waals surface area contributed by atoms with Gasteiger partial charge in [0.1, 0.15) is 6.54 Å². The van der Waals surface area contributed by atoms with E-state index in [1.54, 1.807) is 33.9 Å². The highest BCUT2D eigenvalue weighted by atomic mass is 16.5. The molecule has 0 unspecified atom stereocenters. The number of Topliss-reactive ketones (excluding diaryl/α,β-unsaturated/α-hetero) is 1. The zero-order valence-corrected chi connectivity index (χ0v) is 16.8. The Balaban J connectivity index is 1.57. The van der Waals surface area contributed by atoms with Gasteiger partial charge >= 0.3 is 0 Å². The van der Waals surface area contributed by atoms with Gasteiger partial charge in [-0.15, -0.1) is 0 Å². The number of para-hydroxylation sites is 1. The Morgan fingerprint density at radius 2 is 1.70 bits per heavy atom. The van der Waals surface area contributed by atoms with Crippen LogP contribution in [0.2, 0.25) is 0 Å². The van der Waals surface area contributed by atoms with Crippen molar-refractivity contribution in [2.45, 2.75) is 13.5 Å². The number of nitrogens with one attached hydrogen (secondary N) is 1. The maximum Gasteiger partial charge on any atom is 0.296 e. The van der Waals surface area contributed by atoms with Gasteiger partial charge in [-0.1, -0.05) is 35.9 Å². The summed E-state index contributed by atoms with van der Waals surface area (Å²) in [4.78, 5) is 39.9. The second-order valence-corrected chi connectivity index (χ2v) is 7.33. The Morgan fingerprint density at radius 3 is 2.43 bits per heavy atom. The predicted molar refractivity (Wildman–Crippen MR) is 113 cm³/mol. The van der Waals surface area contributed by atoms with Crippen LogP contribution in [0.1, 0.15) is 15.9 Å². The van der Waals surface area contributed by atoms with Crippen LogP contribution in [-0.4, -0.2) is 53.4 Å². The molecule has 7 heteroatoms. The molecule has 2 aromatic carbocycles. The van der Waals surface area contributed by atoms with Crippen molar-refractivity contribution in [1.29, 1.82) is 0 Å². The van der Waals surface area contributed by atoms with Crippen molar-refractivity contribution in [3.63, 3.8) is 0 Å². The van der Waals surface area contributed by atoms with Crippen LogP contribution in [0.5, 0.6) is 0 Å². The minimum absolute atomic E-state index is 0.0397. The number of aryl methyl sites for hydroxylation is 1. The molecule has 4 rings (SSSR count). The molecule has 0 bridgehead atoms. The fourth-order valence-electron chi connectivity index (χ4n) is 3.56. The minimum Gasteiger partial charge on any atom is -0.378 e. The van der Waals surface area contributed by atoms with Crippen LogP contribution in [-0.2, 0) is 20.9 Å². The van der Waals surface area contributed by atoms with Crippen LogP contribution in [0.25, 0.3) is 10.9 Å². The topological polar surface area (TPSA) is 80.6 Å². The fourth-order valence-corrected chi connectivity index (χ4v) is 3.56. The number of rotatable bonds is 5. The first kappa shape index (κ1) is 19.8. The number of carbonyl (C=O) groups is 3. The van der Waals surface area contributed by atoms with E-state index in [1.165, 1.54) is 0 Å². The SMILES string of the molecule is Cc1ccc(NC(=O)C(=O)c2cn(CC(=O)N3CCOCC3)c3ccccc23)cc1. The second kappa shape index (κ2) is 8.51. The van der Waals surface area contributed by atoms with Crippen molar-refractivity contribution in [3.05, 3.63) is 65.9 Å². The molecule has 1 aromatic heterocycles. The van der Waals surface area contributed by atoms with E-state index in [2.05, 4.69) is 5.32 Å². The lowest BCUT2D eigenvalue weighted by atomic mass is 10.1. The Hall–Kier alpha value is -3.45. The summed E-state index contributed by atoms with van der Waals surface area (Å²) in [7, 11) is 0. The third kappa shape index (κ3) is 4.11. The van der Waals surface area contributed by atoms with E-state index in [0.29, 0.717) is 37.4 Å². The van der Waals surface area contributed by atoms with Crippen LogP contribution in [0.4, 0.5) is 5.69 Å². The zero-order chi connectivity index (χ0) is 21.1. The molecule has 0 atom stereocenters. The first-order valence-corrected chi connectivity index (χ1v) is 9.88. The van der Waals surface area contributed by atoms with Gasteiger partial charge in [0.2, 0.25) is 5.91 Å². The number of morpholine rings is 1. The molecular weight excluding hydrogens is 382 g/mol. The molecule has 2 amide bonds. The van der Waals surface area contributed by atoms with Crippen LogP contribution < -0.4 is 5.32 Å². The lowest BCUT2D eigenvalue weighted by Crippen LogP contribution is -2.42. The van der Waals surface area contributed by atoms with Crippen LogP contribution in [0, 0.1) is 6.92 Å². The van der Waals surface area contributed by atoms with Gasteiger partial charge in [0, 0.05) is 35.9 Å². The number of nitrogens with zero attached hydrogens (tertiary/aromatic N) is 2. The number of amides is 2. The van der Waals surface area contributed by atoms with E-state index in [-0.39, 0.29) is 18.0 Å². The maximum absolute atomic E-state index is 12.9. The molecule has 7 nitrogen and oxygen atoms in total. The number of hydrogen-bond donors (Lipinski definition) is 1. The number of hydrogen-bond acceptors (Lipinski definition) is 4. The van der Waals surface area contributed by atoms with Crippen LogP contribution in [0.15, 0.2) is 54.7 Å². The highest BCUT2D eigenvalue weighted by Gasteiger charge is 2.23. The standard InChI is InChI=1S/C23H23N3O4/c1-16-6-8-17(9-7-16)24-23(29)22(28)19-14-26(20-5-3-2-4-18(19)20)15-21(27)25-10-12-30-13-11-25/h2-9,14H,10-13,15H2,1H3,(H,24,29). The Bertz CT molecular complexity index is 1100. The van der Waals surface area contributed by atoms with E-state index < -0.39 is 11.7 Å². The molecule has 1 aliphatic rings. The summed E-state index contributed by atoms with van der Waals surface area (Å²) in [6.45, 7) is 4.23. The number of ketones is 1. The first-order valence-electron chi connectivity index (χ1n) is 9.88. The summed E-state index contributed by atoms with van der Waals surface area (Å²) in [5, 5.41) is 3.30. The van der Waals surface area contributed by atoms with Gasteiger partial charge in [-0.25, -0.2) is 0 Å². The number of ether oxygens (including phenoxy) is 1. The predicted octanol–water partition coefficient (Wildman–Crippen LogP) is 2.63. The molecule has 3 aromatic rings. The van der Waals surface area contributed by atoms with E-state index >= 15 is 0 Å². The molecule has 30 heavy (non-hydrogen) atoms. The third-order valence-corrected chi connectivity index (χ3v) is 5.22. The van der Waals surface area contributed by atoms with E-state index in [9.17, 15) is 14.4 Å². The summed E-state index contributed by atoms with van der Waals surface area (Å²) in [5.74, 6) is -1.38. The maximum atomic E-state index is 12.9. The Labute approximate surface area is 174 Å². The highest BCUT2D eigenvalue weighted by molar-refractivity contribution is 6.48. The molecular formula is C23H23N3O4. The van der Waals surface area contributed by atoms with E-state index in [1.807, 2.05) is 37.3 Å². The molecule has 0 saturated carbocycles. The summed E-state index contributed by atoms with van der Waals surface area (Å²) < 4.78 is 7.03. The lowest BCUT2D eigenvalue weighted by molar-refractivity contribution is -0.135. The van der Waals surface area contributed by atoms with Crippen molar-refractivity contribution in [2.24, 2.45) is 0 Å². The summed E-state index contributed by atoms with van der Waals surface area (Å²) >= 11 is 0. The number of anilines is 1. The Morgan fingerprint density at radius 1 is 1.00 bits per heavy atom. The van der Waals surface area contributed by atoms with Gasteiger partial charge in [-0.3, -0.25) is 14.4 Å². The van der Waals surface area contributed by atoms with Crippen molar-refractivity contribution < 1.29 is 19.1 Å². The number of fused-ring (bicyclic) bond motifs is 1. The van der Waals surface area contributed by atoms with Crippen LogP contribution >= 0.6 is 0 Å². The lowest BCUT2D eigenvalue weighted by Gasteiger charge is -2.27. The van der Waals surface area contributed by atoms with Gasteiger partial charge in [0.15, 0.2) is 0 Å². The van der Waals surface area contributed by atoms with Crippen molar-refractivity contribution >= 4 is 34.2 Å². The fraction of sp³-hybridized carbons (Fsp3) is 0.261. The number of carbonyl (C=O) groups excluding carboxylic acids is 3. The smallest absolute Gasteiger partial charge is 0.296 e. The first-order chi connectivity index (χ1) is 14.5. The second-order valence-electron chi connectivity index (χ2n) is 7.33. The molecule has 1 aliphatic heterocycles. The third-order valence-electron chi connectivity index (χ3n) is 5.22. The van der Waals surface area contributed by atoms with Crippen molar-refractivity contribution in [2.75, 3.05) is 31.6 Å². The van der Waals surface area contributed by atoms with Gasteiger partial charge in [-0.05, 0) is 25.1 Å². The van der Waals surface area contributed by atoms with Gasteiger partial charge in [-0.2, -0.15) is 0 Å². The zero-order valence-electron chi connectivity index (χ0n) is 16.8. The van der Waals surface area contributed by atoms with Crippen molar-refractivity contribution in [3.8, 4) is 0 Å². The molecule has 0 spiro atoms. The molecule has 154 valence electrons. The molecule has 1 N–H and O–H groups in total. The largest absolute Gasteiger partial charge is 0.378 e. The Kier molecular flexibility index (Phi) is 5.63. The summed E-state index contributed by atoms with van der Waals surface area (Å²) in [6.07, 6.45) is 1.60. The average molecular weight is 405 g/mol. The summed E-state index contributed by atoms with van der Waals surface area (Å²) in [6, 6.07) is 14.5. The van der Waals surface area contributed by atoms with Gasteiger partial charge in [0.05, 0.1) is 18.8 Å². The van der Waals surface area contributed by atoms with Crippen molar-refractivity contribution in [1.82, 2.24) is 9.47 Å². The van der Waals surface area contributed by atoms with E-state index in [0.717, 1.165) is 11.1 Å². The molecule has 0 radical (unpaired) electrons. The van der Waals surface area contributed by atoms with Crippen LogP contribution in [0.3, 0.4) is 0 Å². The molecule has 0 aliphatic carbocycles. The van der Waals surface area contributed by atoms with Gasteiger partial charge in [0.25, 0.3) is 11.7 Å². The molecule has 1 saturated heterocycles. The number of aromatic nitrogens is 1. The monoisotopic (exact) mass is 405 g/mol. The number of benzene rings is 2. The van der Waals surface area contributed by atoms with Gasteiger partial charge < -0.3 is 19.5 Å². The average Bonchev–Trinajstić information content (AvgIpc) is 3.14. The quantitative estimate of drug-likeness (QED) is 0.523. The highest BCUT2D eigenvalue weighted by Crippen LogP contribution is 2.23. The normalized spacial score (nSPS) is 14.0. The molecule has 2 heterocycles. The minimum atomic E-state index is -0.707. The summed E-state index contributed by atoms with van der Waals surface area (Å²) in [5.41, 5.74) is 2.65. The van der Waals surface area contributed by atoms with E-state index in [4.69, 9.17) is 4.74 Å².